The molecule has 66 valence electrons. The molecule has 1 aromatic carbocycles. The van der Waals surface area contributed by atoms with Crippen molar-refractivity contribution in [2.75, 3.05) is 5.88 Å². The molecule has 0 heterocycles. The summed E-state index contributed by atoms with van der Waals surface area (Å²) in [7, 11) is 0. The molecule has 0 amide bonds. The monoisotopic (exact) mass is 250 g/mol. The van der Waals surface area contributed by atoms with E-state index in [-0.39, 0.29) is 6.10 Å². The molecule has 0 aliphatic carbocycles. The first-order chi connectivity index (χ1) is 5.83. The zero-order chi connectivity index (χ0) is 8.81. The van der Waals surface area contributed by atoms with E-state index >= 15 is 0 Å². The summed E-state index contributed by atoms with van der Waals surface area (Å²) in [5.41, 5.74) is 0. The van der Waals surface area contributed by atoms with Crippen LogP contribution in [0.15, 0.2) is 30.3 Å². The Kier molecular flexibility index (Phi) is 4.70. The molecule has 1 aromatic rings. The molecule has 12 heavy (non-hydrogen) atoms. The maximum absolute atomic E-state index is 9.20. The minimum absolute atomic E-state index is 0.341. The maximum atomic E-state index is 9.20. The Morgan fingerprint density at radius 2 is 2.00 bits per heavy atom. The van der Waals surface area contributed by atoms with Gasteiger partial charge in [0.05, 0.1) is 0 Å². The summed E-state index contributed by atoms with van der Waals surface area (Å²) < 4.78 is 1.31. The van der Waals surface area contributed by atoms with Crippen LogP contribution in [0.1, 0.15) is 0 Å². The molecule has 1 unspecified atom stereocenters. The van der Waals surface area contributed by atoms with Gasteiger partial charge in [0.15, 0.2) is 0 Å². The number of rotatable bonds is 4. The zero-order valence-electron chi connectivity index (χ0n) is 6.61. The van der Waals surface area contributed by atoms with Crippen LogP contribution in [0.5, 0.6) is 0 Å². The van der Waals surface area contributed by atoms with Crippen LogP contribution in [-0.4, -0.2) is 32.0 Å². The summed E-state index contributed by atoms with van der Waals surface area (Å²) >= 11 is 5.83. The summed E-state index contributed by atoms with van der Waals surface area (Å²) in [4.78, 5) is 0. The first kappa shape index (κ1) is 10.1. The summed E-state index contributed by atoms with van der Waals surface area (Å²) in [5, 5.41) is 10.0. The first-order valence-corrected chi connectivity index (χ1v) is 6.35. The van der Waals surface area contributed by atoms with Crippen molar-refractivity contribution in [3.63, 3.8) is 0 Å². The fraction of sp³-hybridized carbons (Fsp3) is 0.333. The van der Waals surface area contributed by atoms with Gasteiger partial charge >= 0.3 is 83.8 Å². The third kappa shape index (κ3) is 3.59. The Balaban J connectivity index is 2.33. The van der Waals surface area contributed by atoms with Gasteiger partial charge in [-0.3, -0.25) is 0 Å². The number of halogens is 1. The Morgan fingerprint density at radius 1 is 1.33 bits per heavy atom. The van der Waals surface area contributed by atoms with Gasteiger partial charge in [-0.1, -0.05) is 0 Å². The molecule has 1 N–H and O–H groups in total. The van der Waals surface area contributed by atoms with Gasteiger partial charge in [0.2, 0.25) is 0 Å². The van der Waals surface area contributed by atoms with Gasteiger partial charge in [0.25, 0.3) is 0 Å². The molecule has 0 fully saturated rings. The first-order valence-electron chi connectivity index (χ1n) is 3.75. The molecule has 0 aliphatic heterocycles. The number of aliphatic hydroxyl groups is 1. The second-order valence-electron chi connectivity index (χ2n) is 2.43. The van der Waals surface area contributed by atoms with E-state index in [0.29, 0.717) is 20.8 Å². The van der Waals surface area contributed by atoms with Crippen LogP contribution in [0, 0.1) is 0 Å². The van der Waals surface area contributed by atoms with E-state index in [9.17, 15) is 5.11 Å². The van der Waals surface area contributed by atoms with Crippen molar-refractivity contribution < 1.29 is 5.11 Å². The Labute approximate surface area is 83.9 Å². The number of aliphatic hydroxyl groups excluding tert-OH is 1. The van der Waals surface area contributed by atoms with E-state index in [1.165, 1.54) is 4.46 Å². The molecule has 1 nitrogen and oxygen atoms in total. The molecular weight excluding hydrogens is 239 g/mol. The topological polar surface area (TPSA) is 20.2 Å². The van der Waals surface area contributed by atoms with Crippen LogP contribution in [0.25, 0.3) is 0 Å². The fourth-order valence-electron chi connectivity index (χ4n) is 0.754. The summed E-state index contributed by atoms with van der Waals surface area (Å²) in [6.45, 7) is 0. The van der Waals surface area contributed by atoms with E-state index in [1.54, 1.807) is 0 Å². The predicted molar refractivity (Wildman–Crippen MR) is 53.4 cm³/mol. The molecule has 0 spiro atoms. The van der Waals surface area contributed by atoms with Crippen molar-refractivity contribution in [2.45, 2.75) is 11.4 Å². The normalized spacial score (nSPS) is 12.8. The molecule has 0 aliphatic rings. The Morgan fingerprint density at radius 3 is 2.58 bits per heavy atom. The van der Waals surface area contributed by atoms with Crippen LogP contribution in [0.3, 0.4) is 0 Å². The van der Waals surface area contributed by atoms with Crippen LogP contribution >= 0.6 is 11.6 Å². The van der Waals surface area contributed by atoms with E-state index in [2.05, 4.69) is 12.1 Å². The van der Waals surface area contributed by atoms with E-state index in [0.717, 1.165) is 5.32 Å². The average Bonchev–Trinajstić information content (AvgIpc) is 2.16. The number of alkyl halides is 1. The fourth-order valence-corrected chi connectivity index (χ4v) is 2.94. The average molecular weight is 250 g/mol. The van der Waals surface area contributed by atoms with Crippen molar-refractivity contribution in [1.29, 1.82) is 0 Å². The molecule has 1 atom stereocenters. The van der Waals surface area contributed by atoms with Gasteiger partial charge in [-0.05, 0) is 0 Å². The molecule has 0 aromatic heterocycles. The molecule has 0 radical (unpaired) electrons. The molecule has 1 rings (SSSR count). The number of hydrogen-bond donors (Lipinski definition) is 1. The number of benzene rings is 1. The second-order valence-corrected chi connectivity index (χ2v) is 5.03. The molecular formula is C9H11ClOSe. The number of hydrogen-bond acceptors (Lipinski definition) is 1. The minimum atomic E-state index is -0.341. The van der Waals surface area contributed by atoms with E-state index < -0.39 is 0 Å². The van der Waals surface area contributed by atoms with Crippen molar-refractivity contribution in [1.82, 2.24) is 0 Å². The van der Waals surface area contributed by atoms with Gasteiger partial charge in [-0.2, -0.15) is 0 Å². The van der Waals surface area contributed by atoms with Crippen LogP contribution in [0.2, 0.25) is 5.32 Å². The Hall–Kier alpha value is -0.0105. The van der Waals surface area contributed by atoms with Crippen LogP contribution < -0.4 is 4.46 Å². The molecule has 0 saturated carbocycles. The zero-order valence-corrected chi connectivity index (χ0v) is 9.08. The standard InChI is InChI=1S/C9H11ClOSe/c10-6-8(11)7-12-9-4-2-1-3-5-9/h1-5,8,11H,6-7H2. The third-order valence-corrected chi connectivity index (χ3v) is 4.15. The van der Waals surface area contributed by atoms with Gasteiger partial charge in [-0.25, -0.2) is 0 Å². The second kappa shape index (κ2) is 5.60. The third-order valence-electron chi connectivity index (χ3n) is 1.36. The SMILES string of the molecule is OC(CCl)C[Se]c1ccccc1. The van der Waals surface area contributed by atoms with Gasteiger partial charge in [0.1, 0.15) is 0 Å². The summed E-state index contributed by atoms with van der Waals surface area (Å²) in [6, 6.07) is 10.2. The van der Waals surface area contributed by atoms with Crippen molar-refractivity contribution in [3.05, 3.63) is 30.3 Å². The van der Waals surface area contributed by atoms with Crippen molar-refractivity contribution in [3.8, 4) is 0 Å². The van der Waals surface area contributed by atoms with Crippen LogP contribution in [0.4, 0.5) is 0 Å². The summed E-state index contributed by atoms with van der Waals surface area (Å²) in [5.74, 6) is 0.342. The van der Waals surface area contributed by atoms with Gasteiger partial charge in [0, 0.05) is 0 Å². The van der Waals surface area contributed by atoms with Gasteiger partial charge in [-0.15, -0.1) is 0 Å². The van der Waals surface area contributed by atoms with Gasteiger partial charge < -0.3 is 0 Å². The van der Waals surface area contributed by atoms with E-state index in [1.807, 2.05) is 18.2 Å². The van der Waals surface area contributed by atoms with Crippen molar-refractivity contribution >= 4 is 31.0 Å². The quantitative estimate of drug-likeness (QED) is 0.624. The predicted octanol–water partition coefficient (Wildman–Crippen LogP) is 1.03. The van der Waals surface area contributed by atoms with Crippen LogP contribution in [-0.2, 0) is 0 Å². The van der Waals surface area contributed by atoms with Crippen molar-refractivity contribution in [2.24, 2.45) is 0 Å². The molecule has 3 heteroatoms. The van der Waals surface area contributed by atoms with E-state index in [4.69, 9.17) is 11.6 Å². The molecule has 0 saturated heterocycles. The summed E-state index contributed by atoms with van der Waals surface area (Å²) in [6.07, 6.45) is -0.341. The Bertz CT molecular complexity index is 215. The molecule has 0 bridgehead atoms.